The van der Waals surface area contributed by atoms with Gasteiger partial charge in [0.05, 0.1) is 18.8 Å². The van der Waals surface area contributed by atoms with Gasteiger partial charge < -0.3 is 9.88 Å². The highest BCUT2D eigenvalue weighted by molar-refractivity contribution is 5.96. The molecule has 0 aliphatic carbocycles. The number of amides is 1. The molecule has 0 radical (unpaired) electrons. The Labute approximate surface area is 108 Å². The van der Waals surface area contributed by atoms with Crippen LogP contribution < -0.4 is 5.32 Å². The third-order valence-electron chi connectivity index (χ3n) is 2.74. The quantitative estimate of drug-likeness (QED) is 0.804. The lowest BCUT2D eigenvalue weighted by molar-refractivity contribution is -0.128. The fourth-order valence-electron chi connectivity index (χ4n) is 1.61. The van der Waals surface area contributed by atoms with Crippen LogP contribution in [-0.4, -0.2) is 27.3 Å². The van der Waals surface area contributed by atoms with Crippen molar-refractivity contribution in [3.63, 3.8) is 0 Å². The molecule has 1 heterocycles. The van der Waals surface area contributed by atoms with Gasteiger partial charge in [-0.05, 0) is 12.3 Å². The highest BCUT2D eigenvalue weighted by Crippen LogP contribution is 2.20. The minimum absolute atomic E-state index is 0.0430. The number of carbonyl (C=O) groups excluding carboxylic acids is 2. The van der Waals surface area contributed by atoms with Crippen LogP contribution in [0.3, 0.4) is 0 Å². The standard InChI is InChI=1S/C13H21N3O2/c1-10(17)7-12(18)15-11(13(2,3)4)8-16-6-5-14-9-16/h5-6,9,11H,7-8H2,1-4H3,(H,15,18). The first-order valence-corrected chi connectivity index (χ1v) is 6.03. The molecule has 1 atom stereocenters. The maximum absolute atomic E-state index is 11.7. The first-order chi connectivity index (χ1) is 8.29. The van der Waals surface area contributed by atoms with E-state index in [-0.39, 0.29) is 29.6 Å². The number of Topliss-reactive ketones (excluding diaryl/α,β-unsaturated/α-hetero) is 1. The Kier molecular flexibility index (Phi) is 4.64. The number of aromatic nitrogens is 2. The van der Waals surface area contributed by atoms with Crippen molar-refractivity contribution in [2.75, 3.05) is 0 Å². The van der Waals surface area contributed by atoms with E-state index in [1.807, 2.05) is 10.8 Å². The Morgan fingerprint density at radius 3 is 2.50 bits per heavy atom. The Morgan fingerprint density at radius 1 is 1.39 bits per heavy atom. The van der Waals surface area contributed by atoms with Gasteiger partial charge in [-0.1, -0.05) is 20.8 Å². The van der Waals surface area contributed by atoms with E-state index in [9.17, 15) is 9.59 Å². The van der Waals surface area contributed by atoms with Gasteiger partial charge in [0.1, 0.15) is 5.78 Å². The molecule has 0 saturated carbocycles. The lowest BCUT2D eigenvalue weighted by Gasteiger charge is -2.31. The Balaban J connectivity index is 2.68. The predicted molar refractivity (Wildman–Crippen MR) is 68.9 cm³/mol. The van der Waals surface area contributed by atoms with Gasteiger partial charge in [0, 0.05) is 18.9 Å². The molecule has 0 aliphatic rings. The second-order valence-electron chi connectivity index (χ2n) is 5.62. The first-order valence-electron chi connectivity index (χ1n) is 6.03. The van der Waals surface area contributed by atoms with Crippen molar-refractivity contribution < 1.29 is 9.59 Å². The average molecular weight is 251 g/mol. The molecule has 0 bridgehead atoms. The fourth-order valence-corrected chi connectivity index (χ4v) is 1.61. The summed E-state index contributed by atoms with van der Waals surface area (Å²) in [5, 5.41) is 2.92. The van der Waals surface area contributed by atoms with E-state index in [0.717, 1.165) is 0 Å². The molecule has 0 aromatic carbocycles. The van der Waals surface area contributed by atoms with Crippen LogP contribution in [0.25, 0.3) is 0 Å². The molecule has 0 fully saturated rings. The summed E-state index contributed by atoms with van der Waals surface area (Å²) in [6.07, 6.45) is 5.22. The zero-order chi connectivity index (χ0) is 13.8. The monoisotopic (exact) mass is 251 g/mol. The van der Waals surface area contributed by atoms with Crippen LogP contribution in [0.15, 0.2) is 18.7 Å². The summed E-state index contributed by atoms with van der Waals surface area (Å²) in [5.74, 6) is -0.342. The molecule has 1 rings (SSSR count). The van der Waals surface area contributed by atoms with E-state index in [0.29, 0.717) is 6.54 Å². The van der Waals surface area contributed by atoms with Crippen molar-refractivity contribution in [2.24, 2.45) is 5.41 Å². The lowest BCUT2D eigenvalue weighted by atomic mass is 9.86. The molecule has 1 unspecified atom stereocenters. The van der Waals surface area contributed by atoms with Gasteiger partial charge in [0.25, 0.3) is 0 Å². The molecule has 1 N–H and O–H groups in total. The summed E-state index contributed by atoms with van der Waals surface area (Å²) in [6.45, 7) is 8.24. The second kappa shape index (κ2) is 5.80. The number of rotatable bonds is 5. The number of imidazole rings is 1. The highest BCUT2D eigenvalue weighted by Gasteiger charge is 2.26. The third-order valence-corrected chi connectivity index (χ3v) is 2.74. The highest BCUT2D eigenvalue weighted by atomic mass is 16.2. The smallest absolute Gasteiger partial charge is 0.227 e. The van der Waals surface area contributed by atoms with Gasteiger partial charge in [-0.3, -0.25) is 9.59 Å². The molecule has 5 heteroatoms. The Morgan fingerprint density at radius 2 is 2.06 bits per heavy atom. The number of nitrogens with zero attached hydrogens (tertiary/aromatic N) is 2. The van der Waals surface area contributed by atoms with Crippen LogP contribution in [0, 0.1) is 5.41 Å². The Bertz CT molecular complexity index is 404. The minimum atomic E-state index is -0.220. The number of hydrogen-bond acceptors (Lipinski definition) is 3. The summed E-state index contributed by atoms with van der Waals surface area (Å²) in [5.41, 5.74) is -0.0866. The molecule has 0 aliphatic heterocycles. The van der Waals surface area contributed by atoms with E-state index in [2.05, 4.69) is 31.1 Å². The van der Waals surface area contributed by atoms with Crippen molar-refractivity contribution in [1.29, 1.82) is 0 Å². The van der Waals surface area contributed by atoms with Gasteiger partial charge in [0.15, 0.2) is 0 Å². The predicted octanol–water partition coefficient (Wildman–Crippen LogP) is 1.39. The average Bonchev–Trinajstić information content (AvgIpc) is 2.66. The molecule has 0 spiro atoms. The van der Waals surface area contributed by atoms with Crippen LogP contribution in [0.5, 0.6) is 0 Å². The molecule has 1 aromatic heterocycles. The summed E-state index contributed by atoms with van der Waals surface area (Å²) >= 11 is 0. The van der Waals surface area contributed by atoms with Crippen molar-refractivity contribution in [2.45, 2.75) is 46.7 Å². The molecule has 100 valence electrons. The van der Waals surface area contributed by atoms with Gasteiger partial charge in [-0.15, -0.1) is 0 Å². The first kappa shape index (κ1) is 14.4. The van der Waals surface area contributed by atoms with Gasteiger partial charge in [-0.25, -0.2) is 4.98 Å². The van der Waals surface area contributed by atoms with Gasteiger partial charge in [-0.2, -0.15) is 0 Å². The maximum Gasteiger partial charge on any atom is 0.227 e. The van der Waals surface area contributed by atoms with Crippen molar-refractivity contribution in [1.82, 2.24) is 14.9 Å². The van der Waals surface area contributed by atoms with E-state index in [4.69, 9.17) is 0 Å². The molecule has 18 heavy (non-hydrogen) atoms. The van der Waals surface area contributed by atoms with E-state index in [1.165, 1.54) is 6.92 Å². The van der Waals surface area contributed by atoms with Gasteiger partial charge >= 0.3 is 0 Å². The summed E-state index contributed by atoms with van der Waals surface area (Å²) in [4.78, 5) is 26.6. The number of ketones is 1. The second-order valence-corrected chi connectivity index (χ2v) is 5.62. The molecule has 5 nitrogen and oxygen atoms in total. The number of hydrogen-bond donors (Lipinski definition) is 1. The van der Waals surface area contributed by atoms with E-state index in [1.54, 1.807) is 12.5 Å². The van der Waals surface area contributed by atoms with Crippen molar-refractivity contribution in [3.05, 3.63) is 18.7 Å². The van der Waals surface area contributed by atoms with Crippen LogP contribution >= 0.6 is 0 Å². The van der Waals surface area contributed by atoms with Crippen LogP contribution in [-0.2, 0) is 16.1 Å². The fraction of sp³-hybridized carbons (Fsp3) is 0.615. The third kappa shape index (κ3) is 4.69. The lowest BCUT2D eigenvalue weighted by Crippen LogP contribution is -2.46. The van der Waals surface area contributed by atoms with Crippen LogP contribution in [0.2, 0.25) is 0 Å². The van der Waals surface area contributed by atoms with Gasteiger partial charge in [0.2, 0.25) is 5.91 Å². The molecule has 1 aromatic rings. The summed E-state index contributed by atoms with van der Waals surface area (Å²) in [6, 6.07) is -0.0430. The van der Waals surface area contributed by atoms with E-state index < -0.39 is 0 Å². The van der Waals surface area contributed by atoms with Crippen LogP contribution in [0.4, 0.5) is 0 Å². The summed E-state index contributed by atoms with van der Waals surface area (Å²) in [7, 11) is 0. The maximum atomic E-state index is 11.7. The summed E-state index contributed by atoms with van der Waals surface area (Å²) < 4.78 is 1.92. The minimum Gasteiger partial charge on any atom is -0.351 e. The Hall–Kier alpha value is -1.65. The molecular weight excluding hydrogens is 230 g/mol. The number of carbonyl (C=O) groups is 2. The molecule has 0 saturated heterocycles. The van der Waals surface area contributed by atoms with E-state index >= 15 is 0 Å². The molecule has 1 amide bonds. The van der Waals surface area contributed by atoms with Crippen molar-refractivity contribution >= 4 is 11.7 Å². The molecular formula is C13H21N3O2. The SMILES string of the molecule is CC(=O)CC(=O)NC(Cn1ccnc1)C(C)(C)C. The van der Waals surface area contributed by atoms with Crippen LogP contribution in [0.1, 0.15) is 34.1 Å². The normalized spacial score (nSPS) is 13.1. The largest absolute Gasteiger partial charge is 0.351 e. The number of nitrogens with one attached hydrogen (secondary N) is 1. The van der Waals surface area contributed by atoms with Crippen molar-refractivity contribution in [3.8, 4) is 0 Å². The zero-order valence-electron chi connectivity index (χ0n) is 11.4. The zero-order valence-corrected chi connectivity index (χ0v) is 11.4. The topological polar surface area (TPSA) is 64.0 Å².